The summed E-state index contributed by atoms with van der Waals surface area (Å²) in [5.74, 6) is 0.105. The Labute approximate surface area is 136 Å². The van der Waals surface area contributed by atoms with Crippen molar-refractivity contribution < 1.29 is 9.18 Å². The van der Waals surface area contributed by atoms with Crippen LogP contribution in [0.25, 0.3) is 0 Å². The van der Waals surface area contributed by atoms with Crippen LogP contribution in [0.15, 0.2) is 53.0 Å². The lowest BCUT2D eigenvalue weighted by molar-refractivity contribution is -0.115. The van der Waals surface area contributed by atoms with Crippen LogP contribution in [-0.2, 0) is 10.5 Å². The van der Waals surface area contributed by atoms with Crippen molar-refractivity contribution >= 4 is 39.3 Å². The van der Waals surface area contributed by atoms with E-state index >= 15 is 0 Å². The Morgan fingerprint density at radius 3 is 2.67 bits per heavy atom. The summed E-state index contributed by atoms with van der Waals surface area (Å²) in [4.78, 5) is 12.1. The number of nitrogens with one attached hydrogen (secondary N) is 1. The Balaban J connectivity index is 1.90. The van der Waals surface area contributed by atoms with E-state index in [0.29, 0.717) is 4.47 Å². The summed E-state index contributed by atoms with van der Waals surface area (Å²) in [6.45, 7) is 1.82. The van der Waals surface area contributed by atoms with E-state index in [1.54, 1.807) is 12.1 Å². The van der Waals surface area contributed by atoms with Crippen molar-refractivity contribution in [3.63, 3.8) is 0 Å². The topological polar surface area (TPSA) is 29.1 Å². The molecule has 0 aliphatic rings. The fourth-order valence-corrected chi connectivity index (χ4v) is 2.87. The second-order valence-electron chi connectivity index (χ2n) is 4.55. The molecule has 21 heavy (non-hydrogen) atoms. The van der Waals surface area contributed by atoms with Crippen molar-refractivity contribution in [1.82, 2.24) is 0 Å². The molecule has 0 fully saturated rings. The fourth-order valence-electron chi connectivity index (χ4n) is 1.70. The number of carbonyl (C=O) groups excluding carboxylic acids is 1. The molecule has 1 N–H and O–H groups in total. The van der Waals surface area contributed by atoms with Crippen LogP contribution in [0.5, 0.6) is 0 Å². The number of thioether (sulfide) groups is 1. The lowest BCUT2D eigenvalue weighted by Crippen LogP contribution is -2.23. The minimum Gasteiger partial charge on any atom is -0.323 e. The Hall–Kier alpha value is -1.33. The van der Waals surface area contributed by atoms with Crippen molar-refractivity contribution in [3.05, 3.63) is 64.4 Å². The smallest absolute Gasteiger partial charge is 0.237 e. The summed E-state index contributed by atoms with van der Waals surface area (Å²) < 4.78 is 14.3. The third-order valence-electron chi connectivity index (χ3n) is 2.90. The highest BCUT2D eigenvalue weighted by atomic mass is 79.9. The molecular weight excluding hydrogens is 353 g/mol. The van der Waals surface area contributed by atoms with Gasteiger partial charge < -0.3 is 5.32 Å². The largest absolute Gasteiger partial charge is 0.323 e. The molecule has 1 unspecified atom stereocenters. The minimum absolute atomic E-state index is 0.197. The lowest BCUT2D eigenvalue weighted by Gasteiger charge is -2.12. The number of carbonyl (C=O) groups is 1. The molecule has 0 aromatic heterocycles. The fraction of sp³-hybridized carbons (Fsp3) is 0.188. The lowest BCUT2D eigenvalue weighted by atomic mass is 10.2. The highest BCUT2D eigenvalue weighted by molar-refractivity contribution is 9.10. The first kappa shape index (κ1) is 16.0. The van der Waals surface area contributed by atoms with Gasteiger partial charge in [0.1, 0.15) is 5.82 Å². The van der Waals surface area contributed by atoms with Gasteiger partial charge in [-0.2, -0.15) is 0 Å². The Morgan fingerprint density at radius 2 is 2.00 bits per heavy atom. The van der Waals surface area contributed by atoms with E-state index in [1.165, 1.54) is 17.8 Å². The zero-order valence-corrected chi connectivity index (χ0v) is 13.9. The summed E-state index contributed by atoms with van der Waals surface area (Å²) in [5, 5.41) is 2.36. The van der Waals surface area contributed by atoms with Gasteiger partial charge in [0, 0.05) is 10.2 Å². The van der Waals surface area contributed by atoms with Crippen LogP contribution in [0.2, 0.25) is 0 Å². The van der Waals surface area contributed by atoms with E-state index in [-0.39, 0.29) is 16.8 Å². The maximum Gasteiger partial charge on any atom is 0.237 e. The van der Waals surface area contributed by atoms with Crippen molar-refractivity contribution in [2.24, 2.45) is 0 Å². The molecule has 0 spiro atoms. The molecule has 0 radical (unpaired) electrons. The highest BCUT2D eigenvalue weighted by Crippen LogP contribution is 2.22. The van der Waals surface area contributed by atoms with E-state index in [9.17, 15) is 9.18 Å². The van der Waals surface area contributed by atoms with Gasteiger partial charge in [0.05, 0.1) is 10.9 Å². The summed E-state index contributed by atoms with van der Waals surface area (Å²) >= 11 is 4.71. The standard InChI is InChI=1S/C16H15BrFNOS/c1-11(21-10-12-5-3-2-4-6-12)16(20)19-15-8-7-13(17)9-14(15)18/h2-9,11H,10H2,1H3,(H,19,20). The molecular formula is C16H15BrFNOS. The molecule has 1 atom stereocenters. The molecule has 1 amide bonds. The number of amides is 1. The number of anilines is 1. The van der Waals surface area contributed by atoms with E-state index in [4.69, 9.17) is 0 Å². The van der Waals surface area contributed by atoms with E-state index in [1.807, 2.05) is 37.3 Å². The van der Waals surface area contributed by atoms with E-state index in [2.05, 4.69) is 21.2 Å². The second-order valence-corrected chi connectivity index (χ2v) is 6.80. The molecule has 0 heterocycles. The predicted octanol–water partition coefficient (Wildman–Crippen LogP) is 4.85. The second kappa shape index (κ2) is 7.61. The number of hydrogen-bond acceptors (Lipinski definition) is 2. The molecule has 2 nitrogen and oxygen atoms in total. The first-order chi connectivity index (χ1) is 10.1. The molecule has 2 rings (SSSR count). The molecule has 0 saturated carbocycles. The predicted molar refractivity (Wildman–Crippen MR) is 89.9 cm³/mol. The van der Waals surface area contributed by atoms with Crippen LogP contribution in [0.1, 0.15) is 12.5 Å². The molecule has 0 aliphatic carbocycles. The first-order valence-electron chi connectivity index (χ1n) is 6.47. The molecule has 2 aromatic carbocycles. The van der Waals surface area contributed by atoms with Gasteiger partial charge in [0.2, 0.25) is 5.91 Å². The number of halogens is 2. The Kier molecular flexibility index (Phi) is 5.82. The summed E-state index contributed by atoms with van der Waals surface area (Å²) in [5.41, 5.74) is 1.37. The summed E-state index contributed by atoms with van der Waals surface area (Å²) in [6, 6.07) is 14.5. The van der Waals surface area contributed by atoms with Crippen LogP contribution >= 0.6 is 27.7 Å². The summed E-state index contributed by atoms with van der Waals surface area (Å²) in [6.07, 6.45) is 0. The molecule has 0 aliphatic heterocycles. The minimum atomic E-state index is -0.446. The number of benzene rings is 2. The first-order valence-corrected chi connectivity index (χ1v) is 8.32. The average Bonchev–Trinajstić information content (AvgIpc) is 2.48. The van der Waals surface area contributed by atoms with Gasteiger partial charge in [-0.1, -0.05) is 46.3 Å². The Morgan fingerprint density at radius 1 is 1.29 bits per heavy atom. The van der Waals surface area contributed by atoms with Gasteiger partial charge in [-0.15, -0.1) is 11.8 Å². The zero-order chi connectivity index (χ0) is 15.2. The quantitative estimate of drug-likeness (QED) is 0.818. The van der Waals surface area contributed by atoms with Crippen LogP contribution in [0.3, 0.4) is 0 Å². The van der Waals surface area contributed by atoms with Gasteiger partial charge in [-0.05, 0) is 30.7 Å². The van der Waals surface area contributed by atoms with Gasteiger partial charge >= 0.3 is 0 Å². The van der Waals surface area contributed by atoms with Crippen LogP contribution in [0, 0.1) is 5.82 Å². The van der Waals surface area contributed by atoms with Gasteiger partial charge in [0.15, 0.2) is 0 Å². The molecule has 2 aromatic rings. The maximum absolute atomic E-state index is 13.7. The van der Waals surface area contributed by atoms with Crippen molar-refractivity contribution in [2.45, 2.75) is 17.9 Å². The van der Waals surface area contributed by atoms with Crippen LogP contribution in [-0.4, -0.2) is 11.2 Å². The van der Waals surface area contributed by atoms with Crippen LogP contribution in [0.4, 0.5) is 10.1 Å². The number of rotatable bonds is 5. The molecule has 0 bridgehead atoms. The zero-order valence-electron chi connectivity index (χ0n) is 11.5. The van der Waals surface area contributed by atoms with E-state index in [0.717, 1.165) is 11.3 Å². The molecule has 5 heteroatoms. The monoisotopic (exact) mass is 367 g/mol. The average molecular weight is 368 g/mol. The van der Waals surface area contributed by atoms with Gasteiger partial charge in [0.25, 0.3) is 0 Å². The molecule has 110 valence electrons. The van der Waals surface area contributed by atoms with Crippen molar-refractivity contribution in [1.29, 1.82) is 0 Å². The van der Waals surface area contributed by atoms with Crippen molar-refractivity contribution in [3.8, 4) is 0 Å². The van der Waals surface area contributed by atoms with E-state index < -0.39 is 5.82 Å². The third kappa shape index (κ3) is 4.86. The molecule has 0 saturated heterocycles. The van der Waals surface area contributed by atoms with Crippen LogP contribution < -0.4 is 5.32 Å². The third-order valence-corrected chi connectivity index (χ3v) is 4.61. The Bertz CT molecular complexity index is 621. The number of hydrogen-bond donors (Lipinski definition) is 1. The van der Waals surface area contributed by atoms with Crippen molar-refractivity contribution in [2.75, 3.05) is 5.32 Å². The maximum atomic E-state index is 13.7. The van der Waals surface area contributed by atoms with Gasteiger partial charge in [-0.3, -0.25) is 4.79 Å². The highest BCUT2D eigenvalue weighted by Gasteiger charge is 2.15. The summed E-state index contributed by atoms with van der Waals surface area (Å²) in [7, 11) is 0. The van der Waals surface area contributed by atoms with Gasteiger partial charge in [-0.25, -0.2) is 4.39 Å². The SMILES string of the molecule is CC(SCc1ccccc1)C(=O)Nc1ccc(Br)cc1F. The normalized spacial score (nSPS) is 12.0.